The van der Waals surface area contributed by atoms with Crippen LogP contribution in [0.25, 0.3) is 16.9 Å². The molecule has 1 saturated carbocycles. The van der Waals surface area contributed by atoms with Gasteiger partial charge in [0.05, 0.1) is 28.3 Å². The van der Waals surface area contributed by atoms with E-state index in [9.17, 15) is 8.42 Å². The highest BCUT2D eigenvalue weighted by atomic mass is 32.2. The number of benzene rings is 2. The molecule has 1 atom stereocenters. The Morgan fingerprint density at radius 2 is 1.86 bits per heavy atom. The van der Waals surface area contributed by atoms with E-state index in [1.807, 2.05) is 54.0 Å². The summed E-state index contributed by atoms with van der Waals surface area (Å²) < 4.78 is 36.0. The molecule has 37 heavy (non-hydrogen) atoms. The topological polar surface area (TPSA) is 98.1 Å². The Labute approximate surface area is 217 Å². The molecule has 2 aliphatic rings. The number of aromatic nitrogens is 3. The summed E-state index contributed by atoms with van der Waals surface area (Å²) in [5.41, 5.74) is 5.55. The molecule has 0 spiro atoms. The average molecular weight is 518 g/mol. The molecule has 4 aromatic rings. The minimum Gasteiger partial charge on any atom is -0.375 e. The van der Waals surface area contributed by atoms with Crippen LogP contribution in [-0.2, 0) is 27.7 Å². The molecule has 0 aliphatic heterocycles. The van der Waals surface area contributed by atoms with Gasteiger partial charge < -0.3 is 10.1 Å². The minimum atomic E-state index is -3.38. The van der Waals surface area contributed by atoms with Crippen molar-refractivity contribution in [2.45, 2.75) is 56.9 Å². The van der Waals surface area contributed by atoms with Gasteiger partial charge in [0.1, 0.15) is 5.82 Å². The highest BCUT2D eigenvalue weighted by Gasteiger charge is 2.36. The summed E-state index contributed by atoms with van der Waals surface area (Å²) in [5.74, 6) is 1.37. The van der Waals surface area contributed by atoms with Gasteiger partial charge in [-0.15, -0.1) is 0 Å². The SMILES string of the molecule is CO[C@H]1CCCc2c(NCc3ccccc3)nc(-n3c(C)cc4c(NS(=O)(=O)C5CC5)cccc43)nc21. The van der Waals surface area contributed by atoms with Crippen molar-refractivity contribution in [2.24, 2.45) is 0 Å². The number of sulfonamides is 1. The second-order valence-electron chi connectivity index (χ2n) is 9.90. The van der Waals surface area contributed by atoms with Crippen LogP contribution in [0.4, 0.5) is 11.5 Å². The Balaban J connectivity index is 1.45. The first-order valence-electron chi connectivity index (χ1n) is 12.8. The predicted octanol–water partition coefficient (Wildman–Crippen LogP) is 5.27. The number of anilines is 2. The number of hydrogen-bond donors (Lipinski definition) is 2. The quantitative estimate of drug-likeness (QED) is 0.330. The van der Waals surface area contributed by atoms with Crippen molar-refractivity contribution in [1.82, 2.24) is 14.5 Å². The van der Waals surface area contributed by atoms with E-state index in [1.54, 1.807) is 7.11 Å². The molecule has 2 aromatic heterocycles. The fourth-order valence-corrected chi connectivity index (χ4v) is 6.60. The molecule has 2 N–H and O–H groups in total. The van der Waals surface area contributed by atoms with Gasteiger partial charge in [-0.2, -0.15) is 4.98 Å². The number of methoxy groups -OCH3 is 1. The number of fused-ring (bicyclic) bond motifs is 2. The number of aryl methyl sites for hydroxylation is 1. The largest absolute Gasteiger partial charge is 0.375 e. The first-order chi connectivity index (χ1) is 17.9. The van der Waals surface area contributed by atoms with Gasteiger partial charge in [-0.05, 0) is 62.8 Å². The van der Waals surface area contributed by atoms with Gasteiger partial charge in [-0.3, -0.25) is 9.29 Å². The zero-order valence-corrected chi connectivity index (χ0v) is 21.9. The maximum Gasteiger partial charge on any atom is 0.236 e. The van der Waals surface area contributed by atoms with Gasteiger partial charge in [-0.25, -0.2) is 13.4 Å². The Hall–Kier alpha value is -3.43. The van der Waals surface area contributed by atoms with E-state index in [1.165, 1.54) is 5.56 Å². The van der Waals surface area contributed by atoms with Crippen LogP contribution >= 0.6 is 0 Å². The van der Waals surface area contributed by atoms with Gasteiger partial charge in [0.2, 0.25) is 16.0 Å². The molecule has 6 rings (SSSR count). The van der Waals surface area contributed by atoms with Crippen LogP contribution in [-0.4, -0.2) is 35.3 Å². The number of ether oxygens (including phenoxy) is 1. The van der Waals surface area contributed by atoms with Crippen molar-refractivity contribution in [3.8, 4) is 5.95 Å². The lowest BCUT2D eigenvalue weighted by atomic mass is 9.93. The average Bonchev–Trinajstić information content (AvgIpc) is 3.71. The molecule has 9 heteroatoms. The first-order valence-corrected chi connectivity index (χ1v) is 14.3. The summed E-state index contributed by atoms with van der Waals surface area (Å²) in [6, 6.07) is 17.9. The zero-order chi connectivity index (χ0) is 25.6. The Bertz CT molecular complexity index is 1560. The van der Waals surface area contributed by atoms with E-state index < -0.39 is 10.0 Å². The summed E-state index contributed by atoms with van der Waals surface area (Å²) in [4.78, 5) is 10.0. The third-order valence-electron chi connectivity index (χ3n) is 7.26. The van der Waals surface area contributed by atoms with E-state index in [0.717, 1.165) is 52.9 Å². The molecule has 0 radical (unpaired) electrons. The maximum atomic E-state index is 12.7. The smallest absolute Gasteiger partial charge is 0.236 e. The van der Waals surface area contributed by atoms with E-state index in [0.29, 0.717) is 31.0 Å². The van der Waals surface area contributed by atoms with E-state index in [-0.39, 0.29) is 11.4 Å². The van der Waals surface area contributed by atoms with Crippen LogP contribution in [0.15, 0.2) is 54.6 Å². The summed E-state index contributed by atoms with van der Waals surface area (Å²) >= 11 is 0. The summed E-state index contributed by atoms with van der Waals surface area (Å²) in [5, 5.41) is 4.09. The highest BCUT2D eigenvalue weighted by molar-refractivity contribution is 7.93. The normalized spacial score (nSPS) is 17.5. The van der Waals surface area contributed by atoms with Gasteiger partial charge in [0.15, 0.2) is 0 Å². The lowest BCUT2D eigenvalue weighted by molar-refractivity contribution is 0.0842. The maximum absolute atomic E-state index is 12.7. The van der Waals surface area contributed by atoms with Crippen LogP contribution in [0.1, 0.15) is 54.3 Å². The molecule has 8 nitrogen and oxygen atoms in total. The van der Waals surface area contributed by atoms with Crippen molar-refractivity contribution in [3.05, 3.63) is 77.1 Å². The van der Waals surface area contributed by atoms with E-state index in [2.05, 4.69) is 22.2 Å². The standard InChI is InChI=1S/C28H31N5O3S/c1-18-16-22-23(32-37(34,35)20-14-15-20)11-7-12-24(22)33(18)28-30-26-21(10-6-13-25(26)36-2)27(31-28)29-17-19-8-4-3-5-9-19/h3-5,7-9,11-12,16,20,25,32H,6,10,13-15,17H2,1-2H3,(H,29,30,31)/t25-/m0/s1. The molecule has 0 amide bonds. The van der Waals surface area contributed by atoms with Crippen LogP contribution in [0, 0.1) is 6.92 Å². The molecule has 2 heterocycles. The number of hydrogen-bond acceptors (Lipinski definition) is 6. The molecule has 0 bridgehead atoms. The predicted molar refractivity (Wildman–Crippen MR) is 146 cm³/mol. The van der Waals surface area contributed by atoms with Crippen LogP contribution in [0.5, 0.6) is 0 Å². The lowest BCUT2D eigenvalue weighted by Gasteiger charge is -2.26. The van der Waals surface area contributed by atoms with Gasteiger partial charge >= 0.3 is 0 Å². The third-order valence-corrected chi connectivity index (χ3v) is 9.11. The van der Waals surface area contributed by atoms with Crippen molar-refractivity contribution in [3.63, 3.8) is 0 Å². The fourth-order valence-electron chi connectivity index (χ4n) is 5.19. The first kappa shape index (κ1) is 23.9. The monoisotopic (exact) mass is 517 g/mol. The van der Waals surface area contributed by atoms with Crippen LogP contribution in [0.3, 0.4) is 0 Å². The van der Waals surface area contributed by atoms with Crippen molar-refractivity contribution < 1.29 is 13.2 Å². The molecular weight excluding hydrogens is 486 g/mol. The molecular formula is C28H31N5O3S. The zero-order valence-electron chi connectivity index (χ0n) is 21.1. The highest BCUT2D eigenvalue weighted by Crippen LogP contribution is 2.37. The summed E-state index contributed by atoms with van der Waals surface area (Å²) in [6.07, 6.45) is 4.17. The minimum absolute atomic E-state index is 0.0918. The number of nitrogens with zero attached hydrogens (tertiary/aromatic N) is 3. The molecule has 1 fully saturated rings. The Kier molecular flexibility index (Phi) is 6.12. The van der Waals surface area contributed by atoms with Crippen LogP contribution in [0.2, 0.25) is 0 Å². The van der Waals surface area contributed by atoms with E-state index in [4.69, 9.17) is 14.7 Å². The number of nitrogens with one attached hydrogen (secondary N) is 2. The second-order valence-corrected chi connectivity index (χ2v) is 11.9. The van der Waals surface area contributed by atoms with Gasteiger partial charge in [0, 0.05) is 30.3 Å². The molecule has 0 unspecified atom stereocenters. The van der Waals surface area contributed by atoms with Gasteiger partial charge in [-0.1, -0.05) is 36.4 Å². The van der Waals surface area contributed by atoms with Gasteiger partial charge in [0.25, 0.3) is 0 Å². The summed E-state index contributed by atoms with van der Waals surface area (Å²) in [6.45, 7) is 2.65. The fraction of sp³-hybridized carbons (Fsp3) is 0.357. The van der Waals surface area contributed by atoms with Crippen molar-refractivity contribution in [2.75, 3.05) is 17.1 Å². The third kappa shape index (κ3) is 4.57. The Morgan fingerprint density at radius 3 is 2.62 bits per heavy atom. The Morgan fingerprint density at radius 1 is 1.05 bits per heavy atom. The van der Waals surface area contributed by atoms with Crippen LogP contribution < -0.4 is 10.0 Å². The second kappa shape index (κ2) is 9.46. The van der Waals surface area contributed by atoms with Crippen molar-refractivity contribution in [1.29, 1.82) is 0 Å². The summed E-state index contributed by atoms with van der Waals surface area (Å²) in [7, 11) is -1.65. The molecule has 2 aromatic carbocycles. The molecule has 192 valence electrons. The molecule has 2 aliphatic carbocycles. The number of rotatable bonds is 8. The molecule has 0 saturated heterocycles. The van der Waals surface area contributed by atoms with Crippen molar-refractivity contribution >= 4 is 32.4 Å². The lowest BCUT2D eigenvalue weighted by Crippen LogP contribution is -2.20. The van der Waals surface area contributed by atoms with E-state index >= 15 is 0 Å².